The number of carbonyl (C=O) groups excluding carboxylic acids is 1. The van der Waals surface area contributed by atoms with Gasteiger partial charge in [-0.1, -0.05) is 67.6 Å². The van der Waals surface area contributed by atoms with Crippen LogP contribution >= 0.6 is 0 Å². The van der Waals surface area contributed by atoms with E-state index in [2.05, 4.69) is 63.8 Å². The van der Waals surface area contributed by atoms with Crippen LogP contribution in [0.25, 0.3) is 0 Å². The number of hydrogen-bond donors (Lipinski definition) is 2. The molecule has 1 aliphatic heterocycles. The fraction of sp³-hybridized carbons (Fsp3) is 0.296. The molecule has 0 atom stereocenters. The van der Waals surface area contributed by atoms with Gasteiger partial charge in [0.1, 0.15) is 0 Å². The van der Waals surface area contributed by atoms with Crippen LogP contribution in [0.15, 0.2) is 84.9 Å². The van der Waals surface area contributed by atoms with Crippen LogP contribution in [-0.2, 0) is 4.79 Å². The molecule has 32 heavy (non-hydrogen) atoms. The van der Waals surface area contributed by atoms with Gasteiger partial charge in [-0.25, -0.2) is 0 Å². The number of benzene rings is 3. The second-order valence-corrected chi connectivity index (χ2v) is 8.15. The van der Waals surface area contributed by atoms with Crippen LogP contribution < -0.4 is 15.5 Å². The minimum absolute atomic E-state index is 0.0349. The molecule has 0 radical (unpaired) electrons. The second-order valence-electron chi connectivity index (χ2n) is 8.15. The van der Waals surface area contributed by atoms with Gasteiger partial charge in [0.05, 0.1) is 12.6 Å². The van der Waals surface area contributed by atoms with Gasteiger partial charge in [0.25, 0.3) is 0 Å². The number of rotatable bonds is 8. The molecule has 5 nitrogen and oxygen atoms in total. The zero-order valence-corrected chi connectivity index (χ0v) is 18.7. The van der Waals surface area contributed by atoms with Crippen LogP contribution in [0, 0.1) is 0 Å². The standard InChI is InChI=1S/C27H32N4O/c1-2-30-17-19-31(20-18-30)25-15-13-24(14-16-25)29-26(32)21-28-27(22-9-5-3-6-10-22)23-11-7-4-8-12-23/h3-16,27-28H,2,17-21H2,1H3,(H,29,32). The summed E-state index contributed by atoms with van der Waals surface area (Å²) < 4.78 is 0. The first kappa shape index (κ1) is 22.1. The summed E-state index contributed by atoms with van der Waals surface area (Å²) in [5.74, 6) is -0.0498. The number of hydrogen-bond acceptors (Lipinski definition) is 4. The van der Waals surface area contributed by atoms with Crippen LogP contribution in [0.2, 0.25) is 0 Å². The summed E-state index contributed by atoms with van der Waals surface area (Å²) in [5.41, 5.74) is 4.31. The maximum absolute atomic E-state index is 12.6. The molecule has 3 aromatic rings. The first-order valence-corrected chi connectivity index (χ1v) is 11.4. The maximum atomic E-state index is 12.6. The molecular formula is C27H32N4O. The summed E-state index contributed by atoms with van der Waals surface area (Å²) in [4.78, 5) is 17.5. The smallest absolute Gasteiger partial charge is 0.238 e. The molecule has 0 aromatic heterocycles. The van der Waals surface area contributed by atoms with Crippen molar-refractivity contribution in [2.24, 2.45) is 0 Å². The van der Waals surface area contributed by atoms with Gasteiger partial charge in [-0.2, -0.15) is 0 Å². The molecule has 1 fully saturated rings. The maximum Gasteiger partial charge on any atom is 0.238 e. The Morgan fingerprint density at radius 2 is 1.38 bits per heavy atom. The van der Waals surface area contributed by atoms with E-state index in [4.69, 9.17) is 0 Å². The van der Waals surface area contributed by atoms with E-state index in [9.17, 15) is 4.79 Å². The van der Waals surface area contributed by atoms with Crippen molar-refractivity contribution < 1.29 is 4.79 Å². The lowest BCUT2D eigenvalue weighted by atomic mass is 9.99. The third kappa shape index (κ3) is 5.75. The van der Waals surface area contributed by atoms with Gasteiger partial charge < -0.3 is 15.1 Å². The normalized spacial score (nSPS) is 14.5. The van der Waals surface area contributed by atoms with E-state index in [0.717, 1.165) is 49.5 Å². The van der Waals surface area contributed by atoms with Gasteiger partial charge in [0.15, 0.2) is 0 Å². The Labute approximate surface area is 191 Å². The van der Waals surface area contributed by atoms with Crippen LogP contribution in [0.4, 0.5) is 11.4 Å². The number of likely N-dealkylation sites (N-methyl/N-ethyl adjacent to an activating group) is 1. The lowest BCUT2D eigenvalue weighted by Gasteiger charge is -2.35. The van der Waals surface area contributed by atoms with E-state index in [0.29, 0.717) is 0 Å². The van der Waals surface area contributed by atoms with Crippen molar-refractivity contribution in [2.45, 2.75) is 13.0 Å². The molecule has 5 heteroatoms. The van der Waals surface area contributed by atoms with Crippen molar-refractivity contribution in [2.75, 3.05) is 49.5 Å². The monoisotopic (exact) mass is 428 g/mol. The highest BCUT2D eigenvalue weighted by atomic mass is 16.1. The van der Waals surface area contributed by atoms with Crippen molar-refractivity contribution in [1.29, 1.82) is 0 Å². The Hall–Kier alpha value is -3.15. The number of anilines is 2. The molecule has 0 bridgehead atoms. The number of piperazine rings is 1. The molecule has 0 aliphatic carbocycles. The van der Waals surface area contributed by atoms with Gasteiger partial charge in [0.2, 0.25) is 5.91 Å². The molecule has 0 unspecified atom stereocenters. The summed E-state index contributed by atoms with van der Waals surface area (Å²) in [5, 5.41) is 6.44. The zero-order valence-electron chi connectivity index (χ0n) is 18.7. The number of amides is 1. The molecule has 0 saturated carbocycles. The average Bonchev–Trinajstić information content (AvgIpc) is 2.86. The van der Waals surface area contributed by atoms with Crippen molar-refractivity contribution in [3.8, 4) is 0 Å². The minimum atomic E-state index is -0.0498. The molecule has 3 aromatic carbocycles. The Morgan fingerprint density at radius 3 is 1.91 bits per heavy atom. The fourth-order valence-electron chi connectivity index (χ4n) is 4.20. The molecule has 1 amide bonds. The Balaban J connectivity index is 1.34. The molecule has 1 saturated heterocycles. The molecule has 0 spiro atoms. The third-order valence-electron chi connectivity index (χ3n) is 6.07. The summed E-state index contributed by atoms with van der Waals surface area (Å²) in [6, 6.07) is 28.6. The largest absolute Gasteiger partial charge is 0.369 e. The summed E-state index contributed by atoms with van der Waals surface area (Å²) in [6.45, 7) is 7.85. The first-order valence-electron chi connectivity index (χ1n) is 11.4. The van der Waals surface area contributed by atoms with E-state index in [1.54, 1.807) is 0 Å². The molecule has 166 valence electrons. The first-order chi connectivity index (χ1) is 15.7. The lowest BCUT2D eigenvalue weighted by molar-refractivity contribution is -0.115. The van der Waals surface area contributed by atoms with E-state index in [-0.39, 0.29) is 18.5 Å². The van der Waals surface area contributed by atoms with Crippen molar-refractivity contribution >= 4 is 17.3 Å². The van der Waals surface area contributed by atoms with Gasteiger partial charge in [-0.3, -0.25) is 10.1 Å². The van der Waals surface area contributed by atoms with E-state index >= 15 is 0 Å². The predicted octanol–water partition coefficient (Wildman–Crippen LogP) is 4.15. The average molecular weight is 429 g/mol. The summed E-state index contributed by atoms with van der Waals surface area (Å²) in [7, 11) is 0. The van der Waals surface area contributed by atoms with Gasteiger partial charge in [-0.15, -0.1) is 0 Å². The van der Waals surface area contributed by atoms with E-state index in [1.807, 2.05) is 48.5 Å². The Bertz CT molecular complexity index is 928. The van der Waals surface area contributed by atoms with Crippen molar-refractivity contribution in [3.63, 3.8) is 0 Å². The molecular weight excluding hydrogens is 396 g/mol. The van der Waals surface area contributed by atoms with Gasteiger partial charge in [0, 0.05) is 37.6 Å². The highest BCUT2D eigenvalue weighted by Crippen LogP contribution is 2.22. The number of nitrogens with one attached hydrogen (secondary N) is 2. The molecule has 1 aliphatic rings. The van der Waals surface area contributed by atoms with E-state index < -0.39 is 0 Å². The highest BCUT2D eigenvalue weighted by Gasteiger charge is 2.17. The fourth-order valence-corrected chi connectivity index (χ4v) is 4.20. The quantitative estimate of drug-likeness (QED) is 0.566. The Kier molecular flexibility index (Phi) is 7.54. The zero-order chi connectivity index (χ0) is 22.2. The van der Waals surface area contributed by atoms with Crippen LogP contribution in [0.3, 0.4) is 0 Å². The molecule has 4 rings (SSSR count). The van der Waals surface area contributed by atoms with Crippen LogP contribution in [-0.4, -0.2) is 50.1 Å². The SMILES string of the molecule is CCN1CCN(c2ccc(NC(=O)CNC(c3ccccc3)c3ccccc3)cc2)CC1. The lowest BCUT2D eigenvalue weighted by Crippen LogP contribution is -2.46. The number of nitrogens with zero attached hydrogens (tertiary/aromatic N) is 2. The van der Waals surface area contributed by atoms with Gasteiger partial charge in [-0.05, 0) is 41.9 Å². The van der Waals surface area contributed by atoms with Crippen LogP contribution in [0.5, 0.6) is 0 Å². The van der Waals surface area contributed by atoms with Crippen LogP contribution in [0.1, 0.15) is 24.1 Å². The van der Waals surface area contributed by atoms with Gasteiger partial charge >= 0.3 is 0 Å². The summed E-state index contributed by atoms with van der Waals surface area (Å²) >= 11 is 0. The van der Waals surface area contributed by atoms with E-state index in [1.165, 1.54) is 5.69 Å². The Morgan fingerprint density at radius 1 is 0.812 bits per heavy atom. The second kappa shape index (κ2) is 10.9. The number of carbonyl (C=O) groups is 1. The van der Waals surface area contributed by atoms with Crippen molar-refractivity contribution in [1.82, 2.24) is 10.2 Å². The minimum Gasteiger partial charge on any atom is -0.369 e. The third-order valence-corrected chi connectivity index (χ3v) is 6.07. The molecule has 2 N–H and O–H groups in total. The highest BCUT2D eigenvalue weighted by molar-refractivity contribution is 5.92. The topological polar surface area (TPSA) is 47.6 Å². The van der Waals surface area contributed by atoms with Crippen molar-refractivity contribution in [3.05, 3.63) is 96.1 Å². The summed E-state index contributed by atoms with van der Waals surface area (Å²) in [6.07, 6.45) is 0. The predicted molar refractivity (Wildman–Crippen MR) is 132 cm³/mol. The molecule has 1 heterocycles.